The van der Waals surface area contributed by atoms with Crippen LogP contribution in [0.1, 0.15) is 29.6 Å². The van der Waals surface area contributed by atoms with Gasteiger partial charge in [0, 0.05) is 17.1 Å². The Morgan fingerprint density at radius 1 is 1.25 bits per heavy atom. The van der Waals surface area contributed by atoms with Gasteiger partial charge in [0.1, 0.15) is 23.9 Å². The maximum absolute atomic E-state index is 5.99. The van der Waals surface area contributed by atoms with Crippen LogP contribution in [0.4, 0.5) is 0 Å². The van der Waals surface area contributed by atoms with Gasteiger partial charge in [-0.05, 0) is 50.2 Å². The first-order valence-electron chi connectivity index (χ1n) is 6.78. The van der Waals surface area contributed by atoms with E-state index in [1.54, 1.807) is 0 Å². The van der Waals surface area contributed by atoms with Crippen LogP contribution in [0.5, 0.6) is 5.75 Å². The van der Waals surface area contributed by atoms with Crippen molar-refractivity contribution in [1.29, 1.82) is 0 Å². The third kappa shape index (κ3) is 3.78. The number of benzene rings is 1. The number of nitrogens with one attached hydrogen (secondary N) is 1. The summed E-state index contributed by atoms with van der Waals surface area (Å²) in [5.74, 6) is 2.58. The van der Waals surface area contributed by atoms with Gasteiger partial charge in [0.2, 0.25) is 0 Å². The van der Waals surface area contributed by atoms with Crippen LogP contribution in [0, 0.1) is 13.8 Å². The summed E-state index contributed by atoms with van der Waals surface area (Å²) < 4.78 is 11.4. The Bertz CT molecular complexity index is 578. The predicted molar refractivity (Wildman–Crippen MR) is 81.3 cm³/mol. The minimum Gasteiger partial charge on any atom is -0.486 e. The molecule has 1 aromatic heterocycles. The molecule has 3 nitrogen and oxygen atoms in total. The number of hydrogen-bond donors (Lipinski definition) is 1. The van der Waals surface area contributed by atoms with Crippen molar-refractivity contribution in [2.24, 2.45) is 0 Å². The number of halogens is 1. The average Bonchev–Trinajstić information content (AvgIpc) is 2.78. The van der Waals surface area contributed by atoms with Gasteiger partial charge >= 0.3 is 0 Å². The van der Waals surface area contributed by atoms with E-state index in [9.17, 15) is 0 Å². The molecule has 2 aromatic rings. The third-order valence-corrected chi connectivity index (χ3v) is 3.57. The lowest BCUT2D eigenvalue weighted by atomic mass is 10.2. The van der Waals surface area contributed by atoms with Crippen LogP contribution >= 0.6 is 11.6 Å². The fourth-order valence-electron chi connectivity index (χ4n) is 1.96. The molecule has 0 aliphatic heterocycles. The Morgan fingerprint density at radius 3 is 2.75 bits per heavy atom. The van der Waals surface area contributed by atoms with E-state index >= 15 is 0 Å². The minimum atomic E-state index is 0.425. The van der Waals surface area contributed by atoms with E-state index < -0.39 is 0 Å². The number of aryl methyl sites for hydroxylation is 2. The van der Waals surface area contributed by atoms with Crippen LogP contribution in [0.15, 0.2) is 28.7 Å². The molecule has 0 unspecified atom stereocenters. The molecule has 1 heterocycles. The highest BCUT2D eigenvalue weighted by atomic mass is 35.5. The van der Waals surface area contributed by atoms with E-state index in [1.807, 2.05) is 38.1 Å². The summed E-state index contributed by atoms with van der Waals surface area (Å²) in [6, 6.07) is 7.68. The summed E-state index contributed by atoms with van der Waals surface area (Å²) in [6.07, 6.45) is 0. The SMILES string of the molecule is CCNCc1cc(COc2ccc(Cl)c(C)c2)oc1C. The molecule has 0 saturated carbocycles. The van der Waals surface area contributed by atoms with E-state index in [4.69, 9.17) is 20.8 Å². The summed E-state index contributed by atoms with van der Waals surface area (Å²) in [5, 5.41) is 4.04. The van der Waals surface area contributed by atoms with Gasteiger partial charge in [0.05, 0.1) is 0 Å². The lowest BCUT2D eigenvalue weighted by Crippen LogP contribution is -2.11. The second kappa shape index (κ2) is 6.82. The Kier molecular flexibility index (Phi) is 5.10. The number of furan rings is 1. The fourth-order valence-corrected chi connectivity index (χ4v) is 2.07. The van der Waals surface area contributed by atoms with E-state index in [-0.39, 0.29) is 0 Å². The Morgan fingerprint density at radius 2 is 2.05 bits per heavy atom. The molecule has 4 heteroatoms. The molecule has 0 aliphatic rings. The summed E-state index contributed by atoms with van der Waals surface area (Å²) in [7, 11) is 0. The first-order valence-corrected chi connectivity index (χ1v) is 7.15. The fraction of sp³-hybridized carbons (Fsp3) is 0.375. The zero-order chi connectivity index (χ0) is 14.5. The smallest absolute Gasteiger partial charge is 0.146 e. The first kappa shape index (κ1) is 14.9. The quantitative estimate of drug-likeness (QED) is 0.865. The molecule has 2 rings (SSSR count). The lowest BCUT2D eigenvalue weighted by Gasteiger charge is -2.05. The van der Waals surface area contributed by atoms with Crippen LogP contribution in [0.25, 0.3) is 0 Å². The van der Waals surface area contributed by atoms with Gasteiger partial charge in [-0.15, -0.1) is 0 Å². The first-order chi connectivity index (χ1) is 9.60. The van der Waals surface area contributed by atoms with Crippen molar-refractivity contribution < 1.29 is 9.15 Å². The van der Waals surface area contributed by atoms with Gasteiger partial charge in [-0.1, -0.05) is 18.5 Å². The number of hydrogen-bond acceptors (Lipinski definition) is 3. The van der Waals surface area contributed by atoms with Gasteiger partial charge in [-0.25, -0.2) is 0 Å². The molecule has 0 spiro atoms. The molecular weight excluding hydrogens is 274 g/mol. The Balaban J connectivity index is 1.98. The molecule has 1 aromatic carbocycles. The van der Waals surface area contributed by atoms with E-state index in [2.05, 4.69) is 12.2 Å². The molecule has 0 amide bonds. The Hall–Kier alpha value is -1.45. The van der Waals surface area contributed by atoms with Crippen LogP contribution < -0.4 is 10.1 Å². The number of rotatable bonds is 6. The van der Waals surface area contributed by atoms with Gasteiger partial charge in [0.15, 0.2) is 0 Å². The highest BCUT2D eigenvalue weighted by molar-refractivity contribution is 6.31. The largest absolute Gasteiger partial charge is 0.486 e. The zero-order valence-electron chi connectivity index (χ0n) is 12.1. The predicted octanol–water partition coefficient (Wildman–Crippen LogP) is 4.24. The Labute approximate surface area is 124 Å². The van der Waals surface area contributed by atoms with E-state index in [0.717, 1.165) is 40.9 Å². The maximum atomic E-state index is 5.99. The lowest BCUT2D eigenvalue weighted by molar-refractivity contribution is 0.267. The average molecular weight is 294 g/mol. The van der Waals surface area contributed by atoms with Gasteiger partial charge in [-0.3, -0.25) is 0 Å². The molecule has 108 valence electrons. The molecule has 0 saturated heterocycles. The standard InChI is InChI=1S/C16H20ClNO2/c1-4-18-9-13-8-15(20-12(13)3)10-19-14-5-6-16(17)11(2)7-14/h5-8,18H,4,9-10H2,1-3H3. The molecule has 1 N–H and O–H groups in total. The molecule has 0 bridgehead atoms. The highest BCUT2D eigenvalue weighted by Gasteiger charge is 2.08. The summed E-state index contributed by atoms with van der Waals surface area (Å²) in [5.41, 5.74) is 2.19. The van der Waals surface area contributed by atoms with Crippen molar-refractivity contribution in [2.45, 2.75) is 33.9 Å². The van der Waals surface area contributed by atoms with E-state index in [0.29, 0.717) is 6.61 Å². The summed E-state index contributed by atoms with van der Waals surface area (Å²) >= 11 is 5.99. The number of ether oxygens (including phenoxy) is 1. The normalized spacial score (nSPS) is 10.8. The topological polar surface area (TPSA) is 34.4 Å². The van der Waals surface area contributed by atoms with Crippen LogP contribution in [0.3, 0.4) is 0 Å². The molecule has 0 atom stereocenters. The monoisotopic (exact) mass is 293 g/mol. The molecule has 0 radical (unpaired) electrons. The van der Waals surface area contributed by atoms with Crippen LogP contribution in [-0.4, -0.2) is 6.54 Å². The van der Waals surface area contributed by atoms with Gasteiger partial charge in [-0.2, -0.15) is 0 Å². The van der Waals surface area contributed by atoms with Gasteiger partial charge in [0.25, 0.3) is 0 Å². The maximum Gasteiger partial charge on any atom is 0.146 e. The van der Waals surface area contributed by atoms with Crippen molar-refractivity contribution in [2.75, 3.05) is 6.54 Å². The minimum absolute atomic E-state index is 0.425. The summed E-state index contributed by atoms with van der Waals surface area (Å²) in [6.45, 7) is 8.21. The van der Waals surface area contributed by atoms with Gasteiger partial charge < -0.3 is 14.5 Å². The van der Waals surface area contributed by atoms with Crippen molar-refractivity contribution in [3.8, 4) is 5.75 Å². The molecule has 20 heavy (non-hydrogen) atoms. The third-order valence-electron chi connectivity index (χ3n) is 3.15. The van der Waals surface area contributed by atoms with Crippen molar-refractivity contribution >= 4 is 11.6 Å². The van der Waals surface area contributed by atoms with E-state index in [1.165, 1.54) is 5.56 Å². The molecule has 0 aliphatic carbocycles. The molecular formula is C16H20ClNO2. The second-order valence-corrected chi connectivity index (χ2v) is 5.18. The highest BCUT2D eigenvalue weighted by Crippen LogP contribution is 2.22. The van der Waals surface area contributed by atoms with Crippen LogP contribution in [-0.2, 0) is 13.2 Å². The molecule has 0 fully saturated rings. The van der Waals surface area contributed by atoms with Crippen molar-refractivity contribution in [3.05, 3.63) is 51.9 Å². The summed E-state index contributed by atoms with van der Waals surface area (Å²) in [4.78, 5) is 0. The van der Waals surface area contributed by atoms with Crippen molar-refractivity contribution in [3.63, 3.8) is 0 Å². The second-order valence-electron chi connectivity index (χ2n) is 4.77. The van der Waals surface area contributed by atoms with Crippen molar-refractivity contribution in [1.82, 2.24) is 5.32 Å². The van der Waals surface area contributed by atoms with Crippen LogP contribution in [0.2, 0.25) is 5.02 Å². The zero-order valence-corrected chi connectivity index (χ0v) is 12.9.